The van der Waals surface area contributed by atoms with Crippen molar-refractivity contribution in [3.63, 3.8) is 0 Å². The SMILES string of the molecule is CO[C@H]1/C=C/O[C@@]2(C)Oc3c(C)c(O)c4c(O)c(c(SCCNC(=O)C[n+]5ccccc5)c(O)c4c3C2=O)NC(=O)/C(C)=C\C=C\[C@@H](C)[C@H](O)[C@@H](C)[C@H](O)[C@H](C)[C@H](OC(C)=O)[C@@H]1C.[I-]. The first kappa shape index (κ1) is 51.7. The molecule has 0 saturated heterocycles. The average molecular weight is 1020 g/mol. The fourth-order valence-electron chi connectivity index (χ4n) is 7.94. The molecule has 18 heteroatoms. The molecule has 0 aliphatic carbocycles. The van der Waals surface area contributed by atoms with Crippen LogP contribution in [0.4, 0.5) is 5.69 Å². The van der Waals surface area contributed by atoms with E-state index >= 15 is 0 Å². The van der Waals surface area contributed by atoms with Crippen LogP contribution in [-0.2, 0) is 35.1 Å². The van der Waals surface area contributed by atoms with Crippen molar-refractivity contribution in [1.82, 2.24) is 5.32 Å². The third-order valence-corrected chi connectivity index (χ3v) is 12.8. The number of ketones is 1. The topological polar surface area (TPSA) is 234 Å². The average Bonchev–Trinajstić information content (AvgIpc) is 3.51. The molecule has 1 aromatic heterocycles. The van der Waals surface area contributed by atoms with Gasteiger partial charge in [0.15, 0.2) is 18.1 Å². The lowest BCUT2D eigenvalue weighted by Crippen LogP contribution is -3.00. The quantitative estimate of drug-likeness (QED) is 0.0326. The van der Waals surface area contributed by atoms with Crippen molar-refractivity contribution in [1.29, 1.82) is 0 Å². The number of thioether (sulfide) groups is 1. The minimum absolute atomic E-state index is 0. The fourth-order valence-corrected chi connectivity index (χ4v) is 8.88. The molecule has 0 saturated carbocycles. The van der Waals surface area contributed by atoms with Gasteiger partial charge >= 0.3 is 11.8 Å². The third kappa shape index (κ3) is 11.0. The molecule has 0 radical (unpaired) electrons. The molecule has 3 aliphatic rings. The summed E-state index contributed by atoms with van der Waals surface area (Å²) in [6.07, 6.45) is 6.91. The van der Waals surface area contributed by atoms with E-state index in [1.807, 2.05) is 6.07 Å². The third-order valence-electron chi connectivity index (χ3n) is 11.7. The number of rotatable bonds is 8. The number of pyridine rings is 1. The number of anilines is 1. The highest BCUT2D eigenvalue weighted by Gasteiger charge is 2.50. The summed E-state index contributed by atoms with van der Waals surface area (Å²) in [5.41, 5.74) is -0.282. The molecule has 348 valence electrons. The molecule has 0 fully saturated rings. The van der Waals surface area contributed by atoms with Crippen molar-refractivity contribution in [2.45, 2.75) is 97.0 Å². The molecule has 2 aromatic carbocycles. The van der Waals surface area contributed by atoms with E-state index in [4.69, 9.17) is 18.9 Å². The van der Waals surface area contributed by atoms with E-state index in [0.717, 1.165) is 11.8 Å². The van der Waals surface area contributed by atoms with Crippen molar-refractivity contribution < 1.29 is 92.2 Å². The molecule has 4 heterocycles. The Morgan fingerprint density at radius 2 is 1.61 bits per heavy atom. The molecular formula is C46H58IN3O13S. The molecule has 2 amide bonds. The standard InChI is InChI=1S/C46H57N3O13S.HI/c1-23-14-13-15-24(2)45(58)48-35-39(55)33-32(40(56)43(35)63-21-17-47-31(51)22-49-18-11-10-12-19-49)34-42(28(6)38(33)54)62-46(8,44(34)57)60-20-16-30(59-9)25(3)41(61-29(7)50)27(5)37(53)26(4)36(23)52;/h10-16,18-20,23,25-27,30,36-37,41,52-53H,17,21-22H2,1-9H3,(H4-,47,48,51,54,55,56,57,58);1H/b14-13+,20-16+,24-15-;/t23-,25-,26-,27+,30+,36+,37+,41-,46+;/m1./s1. The molecule has 0 unspecified atom stereocenters. The lowest BCUT2D eigenvalue weighted by atomic mass is 9.78. The zero-order chi connectivity index (χ0) is 46.5. The number of aliphatic hydroxyl groups excluding tert-OH is 2. The summed E-state index contributed by atoms with van der Waals surface area (Å²) in [5.74, 6) is -8.72. The Labute approximate surface area is 393 Å². The zero-order valence-electron chi connectivity index (χ0n) is 37.2. The van der Waals surface area contributed by atoms with Crippen LogP contribution in [0.1, 0.15) is 64.4 Å². The van der Waals surface area contributed by atoms with Crippen molar-refractivity contribution in [3.8, 4) is 23.0 Å². The van der Waals surface area contributed by atoms with Crippen LogP contribution in [0.3, 0.4) is 0 Å². The lowest BCUT2D eigenvalue weighted by molar-refractivity contribution is -0.684. The summed E-state index contributed by atoms with van der Waals surface area (Å²) in [6, 6.07) is 5.41. The Kier molecular flexibility index (Phi) is 17.7. The lowest BCUT2D eigenvalue weighted by Gasteiger charge is -2.38. The van der Waals surface area contributed by atoms with Gasteiger partial charge in [-0.25, -0.2) is 0 Å². The Morgan fingerprint density at radius 3 is 2.25 bits per heavy atom. The predicted octanol–water partition coefficient (Wildman–Crippen LogP) is 1.95. The molecule has 9 atom stereocenters. The van der Waals surface area contributed by atoms with Crippen molar-refractivity contribution in [3.05, 3.63) is 77.9 Å². The maximum atomic E-state index is 14.5. The van der Waals surface area contributed by atoms with Crippen molar-refractivity contribution in [2.24, 2.45) is 23.7 Å². The van der Waals surface area contributed by atoms with E-state index in [1.54, 1.807) is 68.9 Å². The highest BCUT2D eigenvalue weighted by Crippen LogP contribution is 2.57. The van der Waals surface area contributed by atoms with Gasteiger partial charge in [-0.05, 0) is 19.9 Å². The van der Waals surface area contributed by atoms with Gasteiger partial charge in [-0.15, -0.1) is 11.8 Å². The largest absolute Gasteiger partial charge is 1.00 e. The highest BCUT2D eigenvalue weighted by molar-refractivity contribution is 7.99. The Morgan fingerprint density at radius 1 is 0.938 bits per heavy atom. The van der Waals surface area contributed by atoms with Crippen LogP contribution < -0.4 is 43.9 Å². The van der Waals surface area contributed by atoms with E-state index in [0.29, 0.717) is 0 Å². The number of phenolic OH excluding ortho intramolecular Hbond substituents is 3. The van der Waals surface area contributed by atoms with E-state index in [-0.39, 0.29) is 92.5 Å². The van der Waals surface area contributed by atoms with Gasteiger partial charge < -0.3 is 79.1 Å². The number of benzene rings is 2. The fraction of sp³-hybridized carbons (Fsp3) is 0.457. The molecule has 0 spiro atoms. The van der Waals surface area contributed by atoms with Crippen molar-refractivity contribution >= 4 is 51.8 Å². The number of carbonyl (C=O) groups is 4. The maximum absolute atomic E-state index is 14.5. The number of halogens is 1. The highest BCUT2D eigenvalue weighted by atomic mass is 127. The predicted molar refractivity (Wildman–Crippen MR) is 234 cm³/mol. The summed E-state index contributed by atoms with van der Waals surface area (Å²) in [4.78, 5) is 53.2. The van der Waals surface area contributed by atoms with Crippen LogP contribution in [0.2, 0.25) is 0 Å². The number of allylic oxidation sites excluding steroid dienone is 2. The number of phenols is 3. The first-order valence-electron chi connectivity index (χ1n) is 20.6. The second-order valence-electron chi connectivity index (χ2n) is 16.3. The van der Waals surface area contributed by atoms with Crippen LogP contribution in [0.15, 0.2) is 71.6 Å². The Bertz CT molecular complexity index is 2320. The van der Waals surface area contributed by atoms with Crippen LogP contribution in [0, 0.1) is 30.6 Å². The van der Waals surface area contributed by atoms with Crippen LogP contribution in [0.5, 0.6) is 23.0 Å². The van der Waals surface area contributed by atoms with E-state index < -0.39 is 88.8 Å². The van der Waals surface area contributed by atoms with Gasteiger partial charge in [0.05, 0.1) is 40.4 Å². The van der Waals surface area contributed by atoms with Gasteiger partial charge in [0.1, 0.15) is 29.0 Å². The van der Waals surface area contributed by atoms with E-state index in [2.05, 4.69) is 10.6 Å². The van der Waals surface area contributed by atoms with Gasteiger partial charge in [0, 0.05) is 85.6 Å². The van der Waals surface area contributed by atoms with Gasteiger partial charge in [0.25, 0.3) is 17.6 Å². The smallest absolute Gasteiger partial charge is 0.312 e. The van der Waals surface area contributed by atoms with Gasteiger partial charge in [-0.3, -0.25) is 19.2 Å². The number of ether oxygens (including phenoxy) is 4. The first-order chi connectivity index (χ1) is 29.7. The minimum Gasteiger partial charge on any atom is -1.00 e. The summed E-state index contributed by atoms with van der Waals surface area (Å²) >= 11 is 0.973. The normalized spacial score (nSPS) is 28.2. The second kappa shape index (κ2) is 21.9. The molecular weight excluding hydrogens is 961 g/mol. The second-order valence-corrected chi connectivity index (χ2v) is 17.4. The number of nitrogens with one attached hydrogen (secondary N) is 2. The number of fused-ring (bicyclic) bond motifs is 14. The molecule has 7 N–H and O–H groups in total. The molecule has 6 rings (SSSR count). The summed E-state index contributed by atoms with van der Waals surface area (Å²) in [7, 11) is 1.43. The Hall–Kier alpha value is -4.89. The Balaban J connectivity index is 0.00000898. The number of amides is 2. The van der Waals surface area contributed by atoms with E-state index in [9.17, 15) is 44.7 Å². The molecule has 3 aromatic rings. The van der Waals surface area contributed by atoms with Gasteiger partial charge in [-0.1, -0.05) is 52.0 Å². The number of esters is 1. The summed E-state index contributed by atoms with van der Waals surface area (Å²) < 4.78 is 25.3. The number of aliphatic hydroxyl groups is 2. The zero-order valence-corrected chi connectivity index (χ0v) is 40.2. The van der Waals surface area contributed by atoms with Gasteiger partial charge in [-0.2, -0.15) is 4.57 Å². The number of carbonyl (C=O) groups excluding carboxylic acids is 4. The number of nitrogens with zero attached hydrogens (tertiary/aromatic N) is 1. The number of aromatic nitrogens is 1. The maximum Gasteiger partial charge on any atom is 0.312 e. The van der Waals surface area contributed by atoms with E-state index in [1.165, 1.54) is 53.2 Å². The number of aromatic hydroxyl groups is 3. The van der Waals surface area contributed by atoms with Crippen LogP contribution >= 0.6 is 11.8 Å². The molecule has 16 nitrogen and oxygen atoms in total. The number of methoxy groups -OCH3 is 1. The number of Topliss-reactive ketones (excluding diaryl/α,β-unsaturated/α-hetero) is 1. The molecule has 64 heavy (non-hydrogen) atoms. The molecule has 5 bridgehead atoms. The number of hydrogen-bond donors (Lipinski definition) is 7. The first-order valence-corrected chi connectivity index (χ1v) is 21.6. The summed E-state index contributed by atoms with van der Waals surface area (Å²) in [6.45, 7) is 12.6. The monoisotopic (exact) mass is 1020 g/mol. The van der Waals surface area contributed by atoms with Crippen molar-refractivity contribution in [2.75, 3.05) is 24.7 Å². The van der Waals surface area contributed by atoms with Crippen LogP contribution in [-0.4, -0.2) is 98.7 Å². The minimum atomic E-state index is -2.07. The summed E-state index contributed by atoms with van der Waals surface area (Å²) in [5, 5.41) is 63.4. The van der Waals surface area contributed by atoms with Crippen LogP contribution in [0.25, 0.3) is 10.8 Å². The van der Waals surface area contributed by atoms with Gasteiger partial charge in [0.2, 0.25) is 6.54 Å². The number of hydrogen-bond acceptors (Lipinski definition) is 14. The molecule has 3 aliphatic heterocycles.